The Bertz CT molecular complexity index is 1200. The number of halogens is 1. The van der Waals surface area contributed by atoms with Gasteiger partial charge in [0.1, 0.15) is 0 Å². The predicted octanol–water partition coefficient (Wildman–Crippen LogP) is 4.00. The summed E-state index contributed by atoms with van der Waals surface area (Å²) in [6.07, 6.45) is 9.31. The minimum absolute atomic E-state index is 0.000633. The fraction of sp³-hybridized carbons (Fsp3) is 0.423. The molecule has 3 aromatic rings. The van der Waals surface area contributed by atoms with Gasteiger partial charge in [0.15, 0.2) is 0 Å². The number of ether oxygens (including phenoxy) is 1. The van der Waals surface area contributed by atoms with Crippen LogP contribution >= 0.6 is 11.6 Å². The lowest BCUT2D eigenvalue weighted by atomic mass is 9.89. The molecule has 5 rings (SSSR count). The third-order valence-electron chi connectivity index (χ3n) is 6.94. The van der Waals surface area contributed by atoms with Crippen LogP contribution in [0.5, 0.6) is 0 Å². The van der Waals surface area contributed by atoms with Gasteiger partial charge in [0, 0.05) is 54.4 Å². The Morgan fingerprint density at radius 2 is 2.23 bits per heavy atom. The number of aromatic amines is 1. The molecule has 3 N–H and O–H groups in total. The average Bonchev–Trinajstić information content (AvgIpc) is 3.33. The zero-order chi connectivity index (χ0) is 24.2. The number of para-hydroxylation sites is 1. The number of hydrogen-bond acceptors (Lipinski definition) is 6. The van der Waals surface area contributed by atoms with Crippen molar-refractivity contribution in [3.8, 4) is 11.3 Å². The summed E-state index contributed by atoms with van der Waals surface area (Å²) >= 11 is 6.51. The number of aromatic nitrogens is 3. The highest BCUT2D eigenvalue weighted by Gasteiger charge is 2.31. The summed E-state index contributed by atoms with van der Waals surface area (Å²) in [5, 5.41) is 8.04. The predicted molar refractivity (Wildman–Crippen MR) is 139 cm³/mol. The summed E-state index contributed by atoms with van der Waals surface area (Å²) in [6, 6.07) is 8.87. The van der Waals surface area contributed by atoms with Gasteiger partial charge in [0.25, 0.3) is 0 Å². The molecule has 1 amide bonds. The van der Waals surface area contributed by atoms with Crippen LogP contribution in [0.15, 0.2) is 49.3 Å². The molecular formula is C26H31ClN6O2. The van der Waals surface area contributed by atoms with E-state index in [1.165, 1.54) is 6.08 Å². The number of nitrogens with zero attached hydrogens (tertiary/aromatic N) is 3. The molecule has 0 bridgehead atoms. The number of carbonyl (C=O) groups is 1. The quantitative estimate of drug-likeness (QED) is 0.430. The van der Waals surface area contributed by atoms with E-state index in [-0.39, 0.29) is 18.1 Å². The zero-order valence-electron chi connectivity index (χ0n) is 19.7. The van der Waals surface area contributed by atoms with Crippen LogP contribution in [0.3, 0.4) is 0 Å². The molecule has 3 heterocycles. The number of amides is 1. The van der Waals surface area contributed by atoms with Crippen molar-refractivity contribution in [3.05, 3.63) is 54.3 Å². The molecule has 1 saturated carbocycles. The van der Waals surface area contributed by atoms with Gasteiger partial charge in [0.05, 0.1) is 29.6 Å². The van der Waals surface area contributed by atoms with E-state index in [9.17, 15) is 4.79 Å². The minimum atomic E-state index is -0.164. The molecular weight excluding hydrogens is 464 g/mol. The summed E-state index contributed by atoms with van der Waals surface area (Å²) in [5.41, 5.74) is 2.75. The lowest BCUT2D eigenvalue weighted by Crippen LogP contribution is -2.52. The molecule has 1 aromatic carbocycles. The van der Waals surface area contributed by atoms with E-state index in [1.54, 1.807) is 6.20 Å². The van der Waals surface area contributed by atoms with Crippen LogP contribution in [-0.2, 0) is 9.53 Å². The Labute approximate surface area is 210 Å². The second-order valence-corrected chi connectivity index (χ2v) is 9.64. The number of H-pyrrole nitrogens is 1. The Morgan fingerprint density at radius 3 is 3.11 bits per heavy atom. The van der Waals surface area contributed by atoms with Gasteiger partial charge in [-0.3, -0.25) is 9.69 Å². The monoisotopic (exact) mass is 494 g/mol. The van der Waals surface area contributed by atoms with E-state index >= 15 is 0 Å². The number of carbonyl (C=O) groups excluding carboxylic acids is 1. The van der Waals surface area contributed by atoms with Gasteiger partial charge in [-0.2, -0.15) is 0 Å². The summed E-state index contributed by atoms with van der Waals surface area (Å²) in [6.45, 7) is 6.41. The second-order valence-electron chi connectivity index (χ2n) is 9.24. The van der Waals surface area contributed by atoms with Gasteiger partial charge in [0.2, 0.25) is 11.9 Å². The van der Waals surface area contributed by atoms with E-state index in [0.717, 1.165) is 60.9 Å². The first-order chi connectivity index (χ1) is 17.1. The lowest BCUT2D eigenvalue weighted by molar-refractivity contribution is -0.117. The molecule has 8 nitrogen and oxygen atoms in total. The van der Waals surface area contributed by atoms with Gasteiger partial charge in [-0.15, -0.1) is 0 Å². The van der Waals surface area contributed by atoms with Crippen molar-refractivity contribution in [2.75, 3.05) is 31.6 Å². The van der Waals surface area contributed by atoms with Crippen molar-refractivity contribution in [3.63, 3.8) is 0 Å². The van der Waals surface area contributed by atoms with Gasteiger partial charge in [-0.1, -0.05) is 36.4 Å². The number of anilines is 1. The first-order valence-electron chi connectivity index (χ1n) is 12.2. The van der Waals surface area contributed by atoms with Crippen LogP contribution < -0.4 is 10.6 Å². The normalized spacial score (nSPS) is 23.2. The maximum Gasteiger partial charge on any atom is 0.243 e. The molecule has 35 heavy (non-hydrogen) atoms. The molecule has 2 aromatic heterocycles. The van der Waals surface area contributed by atoms with Crippen LogP contribution in [0.25, 0.3) is 22.2 Å². The summed E-state index contributed by atoms with van der Waals surface area (Å²) < 4.78 is 5.87. The molecule has 1 aliphatic carbocycles. The average molecular weight is 495 g/mol. The Balaban J connectivity index is 1.24. The topological polar surface area (TPSA) is 95.2 Å². The van der Waals surface area contributed by atoms with Gasteiger partial charge in [-0.25, -0.2) is 9.97 Å². The smallest absolute Gasteiger partial charge is 0.243 e. The lowest BCUT2D eigenvalue weighted by Gasteiger charge is -2.42. The van der Waals surface area contributed by atoms with Crippen molar-refractivity contribution < 1.29 is 9.53 Å². The third-order valence-corrected chi connectivity index (χ3v) is 7.22. The molecule has 1 aliphatic heterocycles. The number of morpholine rings is 1. The van der Waals surface area contributed by atoms with Crippen molar-refractivity contribution in [1.29, 1.82) is 0 Å². The van der Waals surface area contributed by atoms with Crippen LogP contribution in [0.1, 0.15) is 25.7 Å². The van der Waals surface area contributed by atoms with Crippen molar-refractivity contribution in [2.24, 2.45) is 0 Å². The number of fused-ring (bicyclic) bond motifs is 1. The highest BCUT2D eigenvalue weighted by molar-refractivity contribution is 6.33. The largest absolute Gasteiger partial charge is 0.374 e. The highest BCUT2D eigenvalue weighted by atomic mass is 35.5. The molecule has 2 fully saturated rings. The number of nitrogens with one attached hydrogen (secondary N) is 3. The maximum atomic E-state index is 11.5. The van der Waals surface area contributed by atoms with Crippen LogP contribution in [0, 0.1) is 0 Å². The molecule has 3 atom stereocenters. The van der Waals surface area contributed by atoms with Crippen molar-refractivity contribution in [1.82, 2.24) is 25.2 Å². The molecule has 1 saturated heterocycles. The van der Waals surface area contributed by atoms with Crippen LogP contribution in [0.2, 0.25) is 5.02 Å². The molecule has 2 aliphatic rings. The van der Waals surface area contributed by atoms with E-state index in [4.69, 9.17) is 21.3 Å². The molecule has 0 spiro atoms. The van der Waals surface area contributed by atoms with Crippen LogP contribution in [-0.4, -0.2) is 70.2 Å². The maximum absolute atomic E-state index is 11.5. The Hall–Kier alpha value is -2.94. The summed E-state index contributed by atoms with van der Waals surface area (Å²) in [7, 11) is 0. The van der Waals surface area contributed by atoms with Gasteiger partial charge < -0.3 is 20.4 Å². The van der Waals surface area contributed by atoms with Crippen molar-refractivity contribution >= 4 is 34.4 Å². The summed E-state index contributed by atoms with van der Waals surface area (Å²) in [4.78, 5) is 26.6. The Kier molecular flexibility index (Phi) is 7.32. The molecule has 184 valence electrons. The summed E-state index contributed by atoms with van der Waals surface area (Å²) in [5.74, 6) is 0.440. The zero-order valence-corrected chi connectivity index (χ0v) is 20.4. The first kappa shape index (κ1) is 23.8. The Morgan fingerprint density at radius 1 is 1.34 bits per heavy atom. The van der Waals surface area contributed by atoms with E-state index in [0.29, 0.717) is 30.2 Å². The third kappa shape index (κ3) is 5.50. The van der Waals surface area contributed by atoms with Crippen LogP contribution in [0.4, 0.5) is 5.95 Å². The van der Waals surface area contributed by atoms with E-state index < -0.39 is 0 Å². The van der Waals surface area contributed by atoms with Gasteiger partial charge in [-0.05, 0) is 37.8 Å². The fourth-order valence-electron chi connectivity index (χ4n) is 5.19. The SMILES string of the molecule is C=CC(=O)NCC1CN([C@@H]2CCC[C@@H](Nc3ncc(Cl)c(-c4c[nH]c5ccccc45)n3)C2)CCO1. The number of hydrogen-bond donors (Lipinski definition) is 3. The second kappa shape index (κ2) is 10.8. The van der Waals surface area contributed by atoms with Gasteiger partial charge >= 0.3 is 0 Å². The minimum Gasteiger partial charge on any atom is -0.374 e. The molecule has 1 unspecified atom stereocenters. The highest BCUT2D eigenvalue weighted by Crippen LogP contribution is 2.33. The first-order valence-corrected chi connectivity index (χ1v) is 12.6. The standard InChI is InChI=1S/C26H31ClN6O2/c1-2-24(34)29-13-19-16-33(10-11-35-19)18-7-5-6-17(12-18)31-26-30-15-22(27)25(32-26)21-14-28-23-9-4-3-8-20(21)23/h2-4,8-9,14-15,17-19,28H,1,5-7,10-13,16H2,(H,29,34)(H,30,31,32)/t17-,18-,19?/m1/s1. The molecule has 0 radical (unpaired) electrons. The number of benzene rings is 1. The number of rotatable bonds is 7. The fourth-order valence-corrected chi connectivity index (χ4v) is 5.38. The van der Waals surface area contributed by atoms with E-state index in [1.807, 2.05) is 24.4 Å². The van der Waals surface area contributed by atoms with Crippen molar-refractivity contribution in [2.45, 2.75) is 43.9 Å². The molecule has 9 heteroatoms. The van der Waals surface area contributed by atoms with E-state index in [2.05, 4.69) is 38.1 Å².